The summed E-state index contributed by atoms with van der Waals surface area (Å²) in [6.07, 6.45) is 5.95. The van der Waals surface area contributed by atoms with Crippen molar-refractivity contribution < 1.29 is 14.3 Å². The molecule has 0 aliphatic heterocycles. The number of hydrogen-bond donors (Lipinski definition) is 0. The maximum Gasteiger partial charge on any atom is 0.342 e. The first-order chi connectivity index (χ1) is 9.43. The smallest absolute Gasteiger partial charge is 0.342 e. The van der Waals surface area contributed by atoms with Gasteiger partial charge in [-0.3, -0.25) is 9.48 Å². The van der Waals surface area contributed by atoms with Crippen LogP contribution in [0.5, 0.6) is 0 Å². The Labute approximate surface area is 118 Å². The van der Waals surface area contributed by atoms with E-state index in [-0.39, 0.29) is 23.2 Å². The molecular weight excluding hydrogens is 258 g/mol. The van der Waals surface area contributed by atoms with E-state index in [0.29, 0.717) is 0 Å². The molecule has 108 valence electrons. The molecule has 1 aliphatic carbocycles. The second-order valence-corrected chi connectivity index (χ2v) is 5.26. The molecule has 1 heterocycles. The highest BCUT2D eigenvalue weighted by Gasteiger charge is 2.46. The third kappa shape index (κ3) is 2.89. The number of ketones is 1. The lowest BCUT2D eigenvalue weighted by Gasteiger charge is -2.09. The molecule has 6 heteroatoms. The molecule has 1 aromatic rings. The summed E-state index contributed by atoms with van der Waals surface area (Å²) in [6, 6.07) is 0. The van der Waals surface area contributed by atoms with Gasteiger partial charge in [-0.25, -0.2) is 4.79 Å². The van der Waals surface area contributed by atoms with Gasteiger partial charge in [0.25, 0.3) is 0 Å². The molecule has 0 spiro atoms. The highest BCUT2D eigenvalue weighted by molar-refractivity contribution is 6.19. The van der Waals surface area contributed by atoms with Crippen molar-refractivity contribution in [1.82, 2.24) is 14.7 Å². The number of nitrogens with zero attached hydrogens (tertiary/aromatic N) is 3. The molecule has 20 heavy (non-hydrogen) atoms. The van der Waals surface area contributed by atoms with Gasteiger partial charge in [0.05, 0.1) is 13.3 Å². The van der Waals surface area contributed by atoms with Gasteiger partial charge < -0.3 is 9.64 Å². The zero-order chi connectivity index (χ0) is 14.9. The van der Waals surface area contributed by atoms with Crippen molar-refractivity contribution >= 4 is 11.8 Å². The van der Waals surface area contributed by atoms with Gasteiger partial charge in [-0.05, 0) is 17.9 Å². The fraction of sp³-hybridized carbons (Fsp3) is 0.500. The maximum atomic E-state index is 12.4. The van der Waals surface area contributed by atoms with Crippen LogP contribution in [0.3, 0.4) is 0 Å². The lowest BCUT2D eigenvalue weighted by atomic mass is 10.1. The Morgan fingerprint density at radius 2 is 2.20 bits per heavy atom. The summed E-state index contributed by atoms with van der Waals surface area (Å²) < 4.78 is 6.40. The van der Waals surface area contributed by atoms with Gasteiger partial charge in [0.15, 0.2) is 5.78 Å². The SMILES string of the molecule is COC(=O)/C(=C/N(C)C)C(=O)C1CC1c1cnn(C)c1. The number of carbonyl (C=O) groups is 2. The highest BCUT2D eigenvalue weighted by Crippen LogP contribution is 2.49. The number of carbonyl (C=O) groups excluding carboxylic acids is 2. The van der Waals surface area contributed by atoms with Gasteiger partial charge in [0, 0.05) is 39.5 Å². The zero-order valence-corrected chi connectivity index (χ0v) is 12.2. The lowest BCUT2D eigenvalue weighted by Crippen LogP contribution is -2.19. The summed E-state index contributed by atoms with van der Waals surface area (Å²) in [5.74, 6) is -0.726. The van der Waals surface area contributed by atoms with E-state index in [2.05, 4.69) is 9.84 Å². The van der Waals surface area contributed by atoms with E-state index in [1.165, 1.54) is 13.3 Å². The normalized spacial score (nSPS) is 21.5. The van der Waals surface area contributed by atoms with Gasteiger partial charge in [0.1, 0.15) is 5.57 Å². The number of ether oxygens (including phenoxy) is 1. The Hall–Kier alpha value is -2.11. The van der Waals surface area contributed by atoms with E-state index in [1.54, 1.807) is 29.9 Å². The van der Waals surface area contributed by atoms with Crippen molar-refractivity contribution in [3.63, 3.8) is 0 Å². The van der Waals surface area contributed by atoms with Crippen LogP contribution in [0, 0.1) is 5.92 Å². The van der Waals surface area contributed by atoms with Crippen LogP contribution in [-0.2, 0) is 21.4 Å². The monoisotopic (exact) mass is 277 g/mol. The number of aryl methyl sites for hydroxylation is 1. The Morgan fingerprint density at radius 3 is 2.70 bits per heavy atom. The lowest BCUT2D eigenvalue weighted by molar-refractivity contribution is -0.138. The number of rotatable bonds is 5. The van der Waals surface area contributed by atoms with Crippen LogP contribution in [0.2, 0.25) is 0 Å². The average molecular weight is 277 g/mol. The molecule has 0 saturated heterocycles. The summed E-state index contributed by atoms with van der Waals surface area (Å²) in [7, 11) is 6.66. The minimum atomic E-state index is -0.583. The third-order valence-corrected chi connectivity index (χ3v) is 3.34. The molecule has 6 nitrogen and oxygen atoms in total. The van der Waals surface area contributed by atoms with E-state index in [1.807, 2.05) is 13.2 Å². The quantitative estimate of drug-likeness (QED) is 0.343. The van der Waals surface area contributed by atoms with Gasteiger partial charge in [-0.2, -0.15) is 5.10 Å². The van der Waals surface area contributed by atoms with Crippen molar-refractivity contribution in [3.8, 4) is 0 Å². The molecule has 0 aromatic carbocycles. The van der Waals surface area contributed by atoms with Gasteiger partial charge in [-0.1, -0.05) is 0 Å². The van der Waals surface area contributed by atoms with Crippen LogP contribution in [0.25, 0.3) is 0 Å². The zero-order valence-electron chi connectivity index (χ0n) is 12.2. The van der Waals surface area contributed by atoms with Crippen molar-refractivity contribution in [2.24, 2.45) is 13.0 Å². The molecule has 0 radical (unpaired) electrons. The molecule has 1 saturated carbocycles. The molecule has 2 atom stereocenters. The molecular formula is C14H19N3O3. The van der Waals surface area contributed by atoms with Crippen molar-refractivity contribution in [1.29, 1.82) is 0 Å². The summed E-state index contributed by atoms with van der Waals surface area (Å²) >= 11 is 0. The topological polar surface area (TPSA) is 64.4 Å². The van der Waals surface area contributed by atoms with Crippen molar-refractivity contribution in [2.75, 3.05) is 21.2 Å². The summed E-state index contributed by atoms with van der Waals surface area (Å²) in [5, 5.41) is 4.11. The Kier molecular flexibility index (Phi) is 3.92. The van der Waals surface area contributed by atoms with Crippen LogP contribution in [-0.4, -0.2) is 47.6 Å². The van der Waals surface area contributed by atoms with Crippen LogP contribution in [0.1, 0.15) is 17.9 Å². The second-order valence-electron chi connectivity index (χ2n) is 5.26. The first kappa shape index (κ1) is 14.3. The minimum absolute atomic E-state index is 0.105. The van der Waals surface area contributed by atoms with Crippen molar-refractivity contribution in [3.05, 3.63) is 29.7 Å². The Balaban J connectivity index is 2.13. The maximum absolute atomic E-state index is 12.4. The molecule has 0 amide bonds. The van der Waals surface area contributed by atoms with E-state index < -0.39 is 5.97 Å². The minimum Gasteiger partial charge on any atom is -0.465 e. The summed E-state index contributed by atoms with van der Waals surface area (Å²) in [5.41, 5.74) is 1.15. The molecule has 1 aromatic heterocycles. The van der Waals surface area contributed by atoms with Gasteiger partial charge >= 0.3 is 5.97 Å². The standard InChI is InChI=1S/C14H19N3O3/c1-16(2)8-12(14(19)20-4)13(18)11-5-10(11)9-6-15-17(3)7-9/h6-8,10-11H,5H2,1-4H3/b12-8+. The predicted molar refractivity (Wildman–Crippen MR) is 72.8 cm³/mol. The average Bonchev–Trinajstić information content (AvgIpc) is 3.09. The molecule has 1 fully saturated rings. The second kappa shape index (κ2) is 5.48. The number of aromatic nitrogens is 2. The van der Waals surface area contributed by atoms with Crippen molar-refractivity contribution in [2.45, 2.75) is 12.3 Å². The molecule has 0 bridgehead atoms. The predicted octanol–water partition coefficient (Wildman–Crippen LogP) is 0.711. The summed E-state index contributed by atoms with van der Waals surface area (Å²) in [6.45, 7) is 0. The van der Waals surface area contributed by atoms with Gasteiger partial charge in [0.2, 0.25) is 0 Å². The first-order valence-electron chi connectivity index (χ1n) is 6.43. The van der Waals surface area contributed by atoms with E-state index in [4.69, 9.17) is 0 Å². The molecule has 0 N–H and O–H groups in total. The van der Waals surface area contributed by atoms with E-state index >= 15 is 0 Å². The Bertz CT molecular complexity index is 560. The molecule has 2 rings (SSSR count). The molecule has 1 aliphatic rings. The Morgan fingerprint density at radius 1 is 1.50 bits per heavy atom. The van der Waals surface area contributed by atoms with Crippen LogP contribution < -0.4 is 0 Å². The fourth-order valence-corrected chi connectivity index (χ4v) is 2.27. The van der Waals surface area contributed by atoms with Crippen LogP contribution in [0.4, 0.5) is 0 Å². The van der Waals surface area contributed by atoms with E-state index in [0.717, 1.165) is 12.0 Å². The number of methoxy groups -OCH3 is 1. The number of Topliss-reactive ketones (excluding diaryl/α,β-unsaturated/α-hetero) is 1. The van der Waals surface area contributed by atoms with Gasteiger partial charge in [-0.15, -0.1) is 0 Å². The summed E-state index contributed by atoms with van der Waals surface area (Å²) in [4.78, 5) is 25.8. The highest BCUT2D eigenvalue weighted by atomic mass is 16.5. The fourth-order valence-electron chi connectivity index (χ4n) is 2.27. The van der Waals surface area contributed by atoms with E-state index in [9.17, 15) is 9.59 Å². The van der Waals surface area contributed by atoms with Crippen LogP contribution >= 0.6 is 0 Å². The first-order valence-corrected chi connectivity index (χ1v) is 6.43. The number of esters is 1. The number of hydrogen-bond acceptors (Lipinski definition) is 5. The largest absolute Gasteiger partial charge is 0.465 e. The molecule has 2 unspecified atom stereocenters. The van der Waals surface area contributed by atoms with Crippen LogP contribution in [0.15, 0.2) is 24.2 Å². The third-order valence-electron chi connectivity index (χ3n) is 3.34.